The van der Waals surface area contributed by atoms with Crippen LogP contribution in [0.25, 0.3) is 0 Å². The van der Waals surface area contributed by atoms with E-state index in [1.54, 1.807) is 0 Å². The van der Waals surface area contributed by atoms with E-state index >= 15 is 0 Å². The molecule has 0 spiro atoms. The quantitative estimate of drug-likeness (QED) is 0.489. The van der Waals surface area contributed by atoms with Crippen LogP contribution in [0.2, 0.25) is 13.1 Å². The van der Waals surface area contributed by atoms with Gasteiger partial charge in [-0.05, 0) is 18.5 Å². The molecule has 0 amide bonds. The Hall–Kier alpha value is 0.867. The third-order valence-corrected chi connectivity index (χ3v) is 3.52. The number of aliphatic hydroxyl groups excluding tert-OH is 1. The van der Waals surface area contributed by atoms with Gasteiger partial charge in [-0.3, -0.25) is 0 Å². The molecule has 0 aromatic rings. The van der Waals surface area contributed by atoms with Crippen LogP contribution in [0.5, 0.6) is 0 Å². The van der Waals surface area contributed by atoms with E-state index in [9.17, 15) is 5.11 Å². The maximum absolute atomic E-state index is 9.79. The zero-order valence-corrected chi connectivity index (χ0v) is 12.5. The van der Waals surface area contributed by atoms with Crippen molar-refractivity contribution < 1.29 is 9.53 Å². The summed E-state index contributed by atoms with van der Waals surface area (Å²) >= 11 is 2.20. The lowest BCUT2D eigenvalue weighted by atomic mass is 9.86. The van der Waals surface area contributed by atoms with Gasteiger partial charge in [0.1, 0.15) is 0 Å². The number of alkyl halides is 1. The first-order chi connectivity index (χ1) is 5.79. The fourth-order valence-corrected chi connectivity index (χ4v) is 2.88. The Bertz CT molecular complexity index is 145. The van der Waals surface area contributed by atoms with Gasteiger partial charge in [0, 0.05) is 4.43 Å². The van der Waals surface area contributed by atoms with Gasteiger partial charge in [0.15, 0.2) is 9.04 Å². The van der Waals surface area contributed by atoms with Crippen molar-refractivity contribution in [3.05, 3.63) is 0 Å². The highest BCUT2D eigenvalue weighted by Crippen LogP contribution is 2.26. The van der Waals surface area contributed by atoms with Gasteiger partial charge in [-0.2, -0.15) is 0 Å². The Morgan fingerprint density at radius 2 is 1.85 bits per heavy atom. The van der Waals surface area contributed by atoms with Crippen molar-refractivity contribution in [1.82, 2.24) is 0 Å². The van der Waals surface area contributed by atoms with Crippen LogP contribution >= 0.6 is 22.6 Å². The molecule has 2 atom stereocenters. The molecule has 2 unspecified atom stereocenters. The number of rotatable bonds is 4. The van der Waals surface area contributed by atoms with Gasteiger partial charge in [0.2, 0.25) is 0 Å². The Morgan fingerprint density at radius 1 is 1.38 bits per heavy atom. The summed E-state index contributed by atoms with van der Waals surface area (Å²) in [5.74, 6) is 0. The maximum Gasteiger partial charge on any atom is 0.171 e. The molecule has 0 saturated carbocycles. The molecule has 0 rings (SSSR count). The molecule has 1 N–H and O–H groups in total. The summed E-state index contributed by atoms with van der Waals surface area (Å²) in [5.41, 5.74) is 0.0296. The zero-order valence-electron chi connectivity index (χ0n) is 9.17. The van der Waals surface area contributed by atoms with Gasteiger partial charge in [0.05, 0.1) is 12.2 Å². The third-order valence-electron chi connectivity index (χ3n) is 1.78. The first kappa shape index (κ1) is 13.9. The minimum absolute atomic E-state index is 0.0175. The van der Waals surface area contributed by atoms with E-state index in [1.807, 2.05) is 0 Å². The van der Waals surface area contributed by atoms with Gasteiger partial charge in [0.25, 0.3) is 0 Å². The highest BCUT2D eigenvalue weighted by atomic mass is 127. The van der Waals surface area contributed by atoms with E-state index in [2.05, 4.69) is 56.5 Å². The number of aliphatic hydroxyl groups is 1. The molecule has 0 fully saturated rings. The predicted molar refractivity (Wildman–Crippen MR) is 68.1 cm³/mol. The smallest absolute Gasteiger partial charge is 0.171 e. The molecule has 0 bridgehead atoms. The molecule has 13 heavy (non-hydrogen) atoms. The monoisotopic (exact) mass is 316 g/mol. The fourth-order valence-electron chi connectivity index (χ4n) is 1.25. The van der Waals surface area contributed by atoms with E-state index in [0.717, 1.165) is 4.43 Å². The van der Waals surface area contributed by atoms with Gasteiger partial charge in [-0.25, -0.2) is 0 Å². The zero-order chi connectivity index (χ0) is 10.6. The minimum Gasteiger partial charge on any atom is -0.414 e. The fraction of sp³-hybridized carbons (Fsp3) is 1.00. The van der Waals surface area contributed by atoms with Crippen molar-refractivity contribution in [2.45, 2.75) is 46.1 Å². The molecular weight excluding hydrogens is 295 g/mol. The Morgan fingerprint density at radius 3 is 2.08 bits per heavy atom. The summed E-state index contributed by atoms with van der Waals surface area (Å²) in [5, 5.41) is 9.79. The predicted octanol–water partition coefficient (Wildman–Crippen LogP) is 2.20. The Labute approximate surface area is 96.9 Å². The third kappa shape index (κ3) is 5.34. The van der Waals surface area contributed by atoms with E-state index in [0.29, 0.717) is 0 Å². The molecule has 0 aromatic heterocycles. The topological polar surface area (TPSA) is 29.5 Å². The van der Waals surface area contributed by atoms with Gasteiger partial charge in [-0.1, -0.05) is 43.4 Å². The standard InChI is InChI=1S/C9H21IO2Si/c1-9(2,3)8(7(11)6-10)12-13(4)5/h7-8,11,13H,6H2,1-5H3. The molecule has 4 heteroatoms. The number of halogens is 1. The molecule has 0 radical (unpaired) electrons. The van der Waals surface area contributed by atoms with E-state index in [-0.39, 0.29) is 17.6 Å². The SMILES string of the molecule is C[SiH](C)OC(C(O)CI)C(C)(C)C. The number of hydrogen-bond donors (Lipinski definition) is 1. The van der Waals surface area contributed by atoms with Crippen LogP contribution in [0.15, 0.2) is 0 Å². The lowest BCUT2D eigenvalue weighted by Gasteiger charge is -2.35. The van der Waals surface area contributed by atoms with Crippen LogP contribution in [-0.2, 0) is 4.43 Å². The van der Waals surface area contributed by atoms with E-state index in [1.165, 1.54) is 0 Å². The summed E-state index contributed by atoms with van der Waals surface area (Å²) in [7, 11) is -1.06. The van der Waals surface area contributed by atoms with Gasteiger partial charge < -0.3 is 9.53 Å². The van der Waals surface area contributed by atoms with Crippen molar-refractivity contribution in [2.24, 2.45) is 5.41 Å². The lowest BCUT2D eigenvalue weighted by molar-refractivity contribution is -0.0149. The normalized spacial score (nSPS) is 17.5. The Balaban J connectivity index is 4.37. The van der Waals surface area contributed by atoms with Crippen molar-refractivity contribution in [1.29, 1.82) is 0 Å². The van der Waals surface area contributed by atoms with E-state index in [4.69, 9.17) is 4.43 Å². The van der Waals surface area contributed by atoms with Crippen LogP contribution in [-0.4, -0.2) is 30.8 Å². The van der Waals surface area contributed by atoms with Gasteiger partial charge >= 0.3 is 0 Å². The summed E-state index contributed by atoms with van der Waals surface area (Å²) in [6, 6.07) is 0. The molecular formula is C9H21IO2Si. The molecule has 0 heterocycles. The second kappa shape index (κ2) is 5.68. The van der Waals surface area contributed by atoms with Crippen LogP contribution in [0, 0.1) is 5.41 Å². The summed E-state index contributed by atoms with van der Waals surface area (Å²) in [6.45, 7) is 10.6. The number of hydrogen-bond acceptors (Lipinski definition) is 2. The van der Waals surface area contributed by atoms with Gasteiger partial charge in [-0.15, -0.1) is 0 Å². The molecule has 80 valence electrons. The molecule has 0 aliphatic heterocycles. The van der Waals surface area contributed by atoms with Crippen LogP contribution in [0.3, 0.4) is 0 Å². The van der Waals surface area contributed by atoms with E-state index < -0.39 is 9.04 Å². The largest absolute Gasteiger partial charge is 0.414 e. The van der Waals surface area contributed by atoms with Crippen LogP contribution in [0.1, 0.15) is 20.8 Å². The van der Waals surface area contributed by atoms with Crippen molar-refractivity contribution in [3.8, 4) is 0 Å². The summed E-state index contributed by atoms with van der Waals surface area (Å²) in [6.07, 6.45) is -0.355. The average molecular weight is 316 g/mol. The van der Waals surface area contributed by atoms with Crippen LogP contribution in [0.4, 0.5) is 0 Å². The second-order valence-electron chi connectivity index (χ2n) is 4.69. The molecule has 0 aliphatic carbocycles. The molecule has 0 aliphatic rings. The average Bonchev–Trinajstić information content (AvgIpc) is 1.96. The summed E-state index contributed by atoms with van der Waals surface area (Å²) < 4.78 is 6.59. The first-order valence-electron chi connectivity index (χ1n) is 4.68. The Kier molecular flexibility index (Phi) is 6.05. The minimum atomic E-state index is -1.06. The van der Waals surface area contributed by atoms with Crippen LogP contribution < -0.4 is 0 Å². The summed E-state index contributed by atoms with van der Waals surface area (Å²) in [4.78, 5) is 0. The highest BCUT2D eigenvalue weighted by molar-refractivity contribution is 14.1. The van der Waals surface area contributed by atoms with Crippen molar-refractivity contribution >= 4 is 31.6 Å². The maximum atomic E-state index is 9.79. The first-order valence-corrected chi connectivity index (χ1v) is 8.99. The molecule has 0 aromatic carbocycles. The van der Waals surface area contributed by atoms with Crippen molar-refractivity contribution in [3.63, 3.8) is 0 Å². The lowest BCUT2D eigenvalue weighted by Crippen LogP contribution is -2.43. The molecule has 0 saturated heterocycles. The second-order valence-corrected chi connectivity index (χ2v) is 7.94. The molecule has 2 nitrogen and oxygen atoms in total. The highest BCUT2D eigenvalue weighted by Gasteiger charge is 2.31. The van der Waals surface area contributed by atoms with Crippen molar-refractivity contribution in [2.75, 3.05) is 4.43 Å².